The highest BCUT2D eigenvalue weighted by Crippen LogP contribution is 2.45. The molecule has 0 radical (unpaired) electrons. The third kappa shape index (κ3) is 4.46. The van der Waals surface area contributed by atoms with E-state index in [4.69, 9.17) is 4.99 Å². The topological polar surface area (TPSA) is 61.8 Å². The van der Waals surface area contributed by atoms with Crippen molar-refractivity contribution in [3.8, 4) is 0 Å². The van der Waals surface area contributed by atoms with Gasteiger partial charge in [-0.25, -0.2) is 8.42 Å². The van der Waals surface area contributed by atoms with Gasteiger partial charge in [0.1, 0.15) is 0 Å². The Hall–Kier alpha value is -0.0500. The van der Waals surface area contributed by atoms with Crippen molar-refractivity contribution in [3.63, 3.8) is 0 Å². The Morgan fingerprint density at radius 1 is 1.29 bits per heavy atom. The number of sulfone groups is 1. The lowest BCUT2D eigenvalue weighted by Gasteiger charge is -2.39. The Morgan fingerprint density at radius 3 is 2.38 bits per heavy atom. The van der Waals surface area contributed by atoms with Crippen LogP contribution in [0, 0.1) is 5.41 Å². The average molecular weight is 429 g/mol. The first kappa shape index (κ1) is 19.0. The van der Waals surface area contributed by atoms with Crippen molar-refractivity contribution in [1.82, 2.24) is 10.2 Å². The summed E-state index contributed by atoms with van der Waals surface area (Å²) in [7, 11) is -3.00. The van der Waals surface area contributed by atoms with E-state index < -0.39 is 14.6 Å². The van der Waals surface area contributed by atoms with E-state index in [1.165, 1.54) is 12.8 Å². The van der Waals surface area contributed by atoms with Crippen LogP contribution in [0.5, 0.6) is 0 Å². The summed E-state index contributed by atoms with van der Waals surface area (Å²) in [6, 6.07) is 0. The molecule has 0 unspecified atom stereocenters. The fourth-order valence-corrected chi connectivity index (χ4v) is 3.75. The summed E-state index contributed by atoms with van der Waals surface area (Å²) in [5.74, 6) is 1.07. The van der Waals surface area contributed by atoms with Gasteiger partial charge < -0.3 is 10.2 Å². The average Bonchev–Trinajstić information content (AvgIpc) is 3.07. The van der Waals surface area contributed by atoms with Gasteiger partial charge in [0.15, 0.2) is 15.8 Å². The number of hydrogen-bond donors (Lipinski definition) is 1. The molecule has 2 fully saturated rings. The van der Waals surface area contributed by atoms with Crippen LogP contribution < -0.4 is 5.32 Å². The molecule has 1 aliphatic carbocycles. The Balaban J connectivity index is 0.00000220. The fourth-order valence-electron chi connectivity index (χ4n) is 2.39. The predicted molar refractivity (Wildman–Crippen MR) is 98.2 cm³/mol. The van der Waals surface area contributed by atoms with E-state index in [1.54, 1.807) is 13.8 Å². The van der Waals surface area contributed by atoms with E-state index in [2.05, 4.69) is 17.1 Å². The van der Waals surface area contributed by atoms with Crippen molar-refractivity contribution in [2.24, 2.45) is 10.4 Å². The Morgan fingerprint density at radius 2 is 1.90 bits per heavy atom. The molecule has 1 N–H and O–H groups in total. The maximum absolute atomic E-state index is 12.1. The fraction of sp³-hybridized carbons (Fsp3) is 0.929. The summed E-state index contributed by atoms with van der Waals surface area (Å²) in [4.78, 5) is 6.81. The number of hydrogen-bond acceptors (Lipinski definition) is 3. The highest BCUT2D eigenvalue weighted by Gasteiger charge is 2.41. The molecule has 0 aromatic carbocycles. The second-order valence-corrected chi connectivity index (χ2v) is 9.72. The van der Waals surface area contributed by atoms with Crippen LogP contribution in [0.15, 0.2) is 4.99 Å². The standard InChI is InChI=1S/C14H27N3O2S.HI/c1-5-15-12(16-10-14(4)6-7-14)17-8-9-20(18,19)13(2,3)11-17;/h5-11H2,1-4H3,(H,15,16);1H. The van der Waals surface area contributed by atoms with E-state index in [0.717, 1.165) is 19.0 Å². The maximum Gasteiger partial charge on any atom is 0.194 e. The Kier molecular flexibility index (Phi) is 5.97. The SMILES string of the molecule is CCNC(=NCC1(C)CC1)N1CCS(=O)(=O)C(C)(C)C1.I. The van der Waals surface area contributed by atoms with E-state index in [0.29, 0.717) is 18.5 Å². The van der Waals surface area contributed by atoms with Gasteiger partial charge in [0, 0.05) is 26.2 Å². The zero-order valence-electron chi connectivity index (χ0n) is 13.5. The molecule has 0 bridgehead atoms. The van der Waals surface area contributed by atoms with Crippen LogP contribution in [0.1, 0.15) is 40.5 Å². The summed E-state index contributed by atoms with van der Waals surface area (Å²) < 4.78 is 23.4. The van der Waals surface area contributed by atoms with E-state index in [9.17, 15) is 8.42 Å². The van der Waals surface area contributed by atoms with Crippen LogP contribution in [-0.2, 0) is 9.84 Å². The third-order valence-electron chi connectivity index (χ3n) is 4.39. The van der Waals surface area contributed by atoms with Crippen molar-refractivity contribution >= 4 is 39.8 Å². The van der Waals surface area contributed by atoms with Crippen LogP contribution in [0.3, 0.4) is 0 Å². The van der Waals surface area contributed by atoms with Gasteiger partial charge in [-0.05, 0) is 39.0 Å². The normalized spacial score (nSPS) is 25.9. The minimum absolute atomic E-state index is 0. The number of nitrogens with zero attached hydrogens (tertiary/aromatic N) is 2. The number of nitrogens with one attached hydrogen (secondary N) is 1. The molecule has 21 heavy (non-hydrogen) atoms. The highest BCUT2D eigenvalue weighted by atomic mass is 127. The molecule has 1 saturated carbocycles. The van der Waals surface area contributed by atoms with Gasteiger partial charge in [0.2, 0.25) is 0 Å². The van der Waals surface area contributed by atoms with Crippen molar-refractivity contribution in [3.05, 3.63) is 0 Å². The molecule has 1 heterocycles. The van der Waals surface area contributed by atoms with E-state index >= 15 is 0 Å². The van der Waals surface area contributed by atoms with Crippen LogP contribution in [0.4, 0.5) is 0 Å². The van der Waals surface area contributed by atoms with Crippen molar-refractivity contribution in [2.45, 2.75) is 45.3 Å². The summed E-state index contributed by atoms with van der Waals surface area (Å²) in [5.41, 5.74) is 0.373. The van der Waals surface area contributed by atoms with Crippen LogP contribution in [0.25, 0.3) is 0 Å². The number of aliphatic imine (C=N–C) groups is 1. The molecule has 1 saturated heterocycles. The second kappa shape index (κ2) is 6.60. The monoisotopic (exact) mass is 429 g/mol. The quantitative estimate of drug-likeness (QED) is 0.423. The molecule has 0 spiro atoms. The summed E-state index contributed by atoms with van der Waals surface area (Å²) in [5, 5.41) is 3.30. The van der Waals surface area contributed by atoms with Crippen LogP contribution in [-0.4, -0.2) is 56.0 Å². The molecule has 124 valence electrons. The lowest BCUT2D eigenvalue weighted by molar-refractivity contribution is 0.352. The van der Waals surface area contributed by atoms with E-state index in [1.807, 2.05) is 6.92 Å². The van der Waals surface area contributed by atoms with Crippen LogP contribution >= 0.6 is 24.0 Å². The largest absolute Gasteiger partial charge is 0.357 e. The molecule has 1 aliphatic heterocycles. The maximum atomic E-state index is 12.1. The molecule has 0 aromatic heterocycles. The first-order valence-electron chi connectivity index (χ1n) is 7.45. The number of rotatable bonds is 3. The zero-order chi connectivity index (χ0) is 15.0. The zero-order valence-corrected chi connectivity index (χ0v) is 16.6. The molecule has 0 atom stereocenters. The highest BCUT2D eigenvalue weighted by molar-refractivity contribution is 14.0. The lowest BCUT2D eigenvalue weighted by atomic mass is 10.1. The summed E-state index contributed by atoms with van der Waals surface area (Å²) in [6.45, 7) is 10.6. The van der Waals surface area contributed by atoms with Crippen molar-refractivity contribution in [1.29, 1.82) is 0 Å². The number of halogens is 1. The molecular weight excluding hydrogens is 401 g/mol. The smallest absolute Gasteiger partial charge is 0.194 e. The van der Waals surface area contributed by atoms with Crippen molar-refractivity contribution < 1.29 is 8.42 Å². The molecule has 0 aromatic rings. The molecule has 7 heteroatoms. The Labute approximate surface area is 145 Å². The third-order valence-corrected chi connectivity index (χ3v) is 6.92. The molecule has 2 aliphatic rings. The predicted octanol–water partition coefficient (Wildman–Crippen LogP) is 1.88. The van der Waals surface area contributed by atoms with Gasteiger partial charge in [0.05, 0.1) is 10.5 Å². The summed E-state index contributed by atoms with van der Waals surface area (Å²) >= 11 is 0. The molecule has 0 amide bonds. The van der Waals surface area contributed by atoms with Gasteiger partial charge in [0.25, 0.3) is 0 Å². The van der Waals surface area contributed by atoms with Crippen molar-refractivity contribution in [2.75, 3.05) is 31.9 Å². The van der Waals surface area contributed by atoms with Gasteiger partial charge in [-0.1, -0.05) is 6.92 Å². The van der Waals surface area contributed by atoms with Gasteiger partial charge in [-0.15, -0.1) is 24.0 Å². The van der Waals surface area contributed by atoms with Crippen LogP contribution in [0.2, 0.25) is 0 Å². The Bertz CT molecular complexity index is 498. The van der Waals surface area contributed by atoms with Gasteiger partial charge >= 0.3 is 0 Å². The second-order valence-electron chi connectivity index (χ2n) is 6.98. The first-order chi connectivity index (χ1) is 9.19. The molecule has 2 rings (SSSR count). The minimum Gasteiger partial charge on any atom is -0.357 e. The molecule has 5 nitrogen and oxygen atoms in total. The van der Waals surface area contributed by atoms with Gasteiger partial charge in [-0.2, -0.15) is 0 Å². The van der Waals surface area contributed by atoms with Gasteiger partial charge in [-0.3, -0.25) is 4.99 Å². The minimum atomic E-state index is -3.00. The number of guanidine groups is 1. The lowest BCUT2D eigenvalue weighted by Crippen LogP contribution is -2.57. The molecular formula is C14H28IN3O2S. The first-order valence-corrected chi connectivity index (χ1v) is 9.10. The summed E-state index contributed by atoms with van der Waals surface area (Å²) in [6.07, 6.45) is 2.49. The van der Waals surface area contributed by atoms with E-state index in [-0.39, 0.29) is 29.7 Å².